The number of amides is 1. The predicted molar refractivity (Wildman–Crippen MR) is 74.0 cm³/mol. The quantitative estimate of drug-likeness (QED) is 0.892. The van der Waals surface area contributed by atoms with Gasteiger partial charge in [-0.2, -0.15) is 0 Å². The molecule has 1 aromatic rings. The van der Waals surface area contributed by atoms with Gasteiger partial charge in [0.25, 0.3) is 5.91 Å². The average molecular weight is 264 g/mol. The maximum Gasteiger partial charge on any atom is 0.293 e. The van der Waals surface area contributed by atoms with Gasteiger partial charge < -0.3 is 4.90 Å². The van der Waals surface area contributed by atoms with Crippen molar-refractivity contribution in [3.05, 3.63) is 11.6 Å². The van der Waals surface area contributed by atoms with Crippen molar-refractivity contribution in [2.75, 3.05) is 13.1 Å². The highest BCUT2D eigenvalue weighted by Gasteiger charge is 2.27. The van der Waals surface area contributed by atoms with E-state index in [1.54, 1.807) is 0 Å². The summed E-state index contributed by atoms with van der Waals surface area (Å²) in [5, 5.41) is 6.95. The summed E-state index contributed by atoms with van der Waals surface area (Å²) in [6, 6.07) is 0. The molecule has 19 heavy (non-hydrogen) atoms. The lowest BCUT2D eigenvalue weighted by molar-refractivity contribution is 0.0676. The summed E-state index contributed by atoms with van der Waals surface area (Å²) in [5.41, 5.74) is -0.110. The number of nitrogens with zero attached hydrogens (tertiary/aromatic N) is 3. The van der Waals surface area contributed by atoms with Crippen LogP contribution in [0.2, 0.25) is 0 Å². The van der Waals surface area contributed by atoms with Crippen LogP contribution in [0.3, 0.4) is 0 Å². The molecule has 5 heteroatoms. The van der Waals surface area contributed by atoms with Gasteiger partial charge in [0.15, 0.2) is 0 Å². The molecule has 0 unspecified atom stereocenters. The molecule has 1 fully saturated rings. The molecule has 0 atom stereocenters. The van der Waals surface area contributed by atoms with Crippen LogP contribution in [0, 0.1) is 5.92 Å². The van der Waals surface area contributed by atoms with Gasteiger partial charge in [0.2, 0.25) is 5.82 Å². The van der Waals surface area contributed by atoms with Crippen LogP contribution in [0.15, 0.2) is 0 Å². The second kappa shape index (κ2) is 5.31. The average Bonchev–Trinajstić information content (AvgIpc) is 2.87. The van der Waals surface area contributed by atoms with E-state index in [1.165, 1.54) is 6.42 Å². The van der Waals surface area contributed by atoms with Crippen molar-refractivity contribution >= 4 is 5.91 Å². The molecule has 0 spiro atoms. The van der Waals surface area contributed by atoms with E-state index < -0.39 is 0 Å². The highest BCUT2D eigenvalue weighted by atomic mass is 16.2. The molecule has 1 aliphatic heterocycles. The zero-order valence-electron chi connectivity index (χ0n) is 12.4. The van der Waals surface area contributed by atoms with Crippen LogP contribution in [0.5, 0.6) is 0 Å². The topological polar surface area (TPSA) is 61.9 Å². The molecule has 5 nitrogen and oxygen atoms in total. The van der Waals surface area contributed by atoms with Gasteiger partial charge in [0.1, 0.15) is 5.82 Å². The fourth-order valence-electron chi connectivity index (χ4n) is 2.38. The van der Waals surface area contributed by atoms with Gasteiger partial charge in [-0.3, -0.25) is 9.89 Å². The van der Waals surface area contributed by atoms with Gasteiger partial charge in [0, 0.05) is 18.5 Å². The smallest absolute Gasteiger partial charge is 0.293 e. The van der Waals surface area contributed by atoms with Crippen molar-refractivity contribution in [1.82, 2.24) is 20.1 Å². The van der Waals surface area contributed by atoms with Gasteiger partial charge in [-0.15, -0.1) is 5.10 Å². The number of aromatic amines is 1. The van der Waals surface area contributed by atoms with Crippen molar-refractivity contribution in [1.29, 1.82) is 0 Å². The van der Waals surface area contributed by atoms with E-state index in [0.29, 0.717) is 5.82 Å². The molecule has 0 aromatic carbocycles. The molecule has 1 amide bonds. The number of hydrogen-bond acceptors (Lipinski definition) is 3. The van der Waals surface area contributed by atoms with Crippen molar-refractivity contribution in [2.45, 2.75) is 52.4 Å². The minimum atomic E-state index is -0.110. The Hall–Kier alpha value is -1.39. The fraction of sp³-hybridized carbons (Fsp3) is 0.786. The van der Waals surface area contributed by atoms with Gasteiger partial charge >= 0.3 is 0 Å². The molecule has 0 saturated carbocycles. The highest BCUT2D eigenvalue weighted by molar-refractivity contribution is 5.90. The summed E-state index contributed by atoms with van der Waals surface area (Å²) in [7, 11) is 0. The number of carbonyl (C=O) groups excluding carboxylic acids is 1. The van der Waals surface area contributed by atoms with E-state index in [1.807, 2.05) is 4.90 Å². The second-order valence-electron chi connectivity index (χ2n) is 6.40. The number of rotatable bonds is 2. The lowest BCUT2D eigenvalue weighted by atomic mass is 9.94. The third-order valence-electron chi connectivity index (χ3n) is 3.87. The first-order valence-electron chi connectivity index (χ1n) is 7.14. The summed E-state index contributed by atoms with van der Waals surface area (Å²) >= 11 is 0. The van der Waals surface area contributed by atoms with Crippen LogP contribution in [0.25, 0.3) is 0 Å². The number of piperidine rings is 1. The Morgan fingerprint density at radius 3 is 2.47 bits per heavy atom. The largest absolute Gasteiger partial charge is 0.336 e. The van der Waals surface area contributed by atoms with E-state index in [0.717, 1.165) is 37.7 Å². The Labute approximate surface area is 114 Å². The van der Waals surface area contributed by atoms with Crippen LogP contribution in [0.1, 0.15) is 63.4 Å². The molecule has 0 radical (unpaired) electrons. The van der Waals surface area contributed by atoms with E-state index in [2.05, 4.69) is 42.9 Å². The molecule has 0 aliphatic carbocycles. The Balaban J connectivity index is 2.02. The molecule has 1 saturated heterocycles. The van der Waals surface area contributed by atoms with E-state index in [4.69, 9.17) is 0 Å². The van der Waals surface area contributed by atoms with Crippen LogP contribution in [-0.4, -0.2) is 39.1 Å². The Morgan fingerprint density at radius 1 is 1.37 bits per heavy atom. The summed E-state index contributed by atoms with van der Waals surface area (Å²) < 4.78 is 0. The third kappa shape index (κ3) is 3.14. The minimum absolute atomic E-state index is 0.0405. The minimum Gasteiger partial charge on any atom is -0.336 e. The van der Waals surface area contributed by atoms with Crippen LogP contribution in [0.4, 0.5) is 0 Å². The van der Waals surface area contributed by atoms with Crippen molar-refractivity contribution in [3.63, 3.8) is 0 Å². The maximum absolute atomic E-state index is 12.3. The summed E-state index contributed by atoms with van der Waals surface area (Å²) in [4.78, 5) is 18.5. The summed E-state index contributed by atoms with van der Waals surface area (Å²) in [6.07, 6.45) is 3.40. The number of H-pyrrole nitrogens is 1. The third-order valence-corrected chi connectivity index (χ3v) is 3.87. The number of nitrogens with one attached hydrogen (secondary N) is 1. The van der Waals surface area contributed by atoms with Crippen LogP contribution in [-0.2, 0) is 5.41 Å². The molecule has 2 rings (SSSR count). The Bertz CT molecular complexity index is 439. The number of hydrogen-bond donors (Lipinski definition) is 1. The van der Waals surface area contributed by atoms with E-state index in [9.17, 15) is 4.79 Å². The van der Waals surface area contributed by atoms with Gasteiger partial charge in [-0.1, -0.05) is 34.1 Å². The van der Waals surface area contributed by atoms with Gasteiger partial charge in [0.05, 0.1) is 0 Å². The first-order chi connectivity index (χ1) is 8.91. The van der Waals surface area contributed by atoms with Gasteiger partial charge in [-0.25, -0.2) is 4.98 Å². The Morgan fingerprint density at radius 2 is 2.00 bits per heavy atom. The van der Waals surface area contributed by atoms with Gasteiger partial charge in [-0.05, 0) is 18.8 Å². The lowest BCUT2D eigenvalue weighted by Gasteiger charge is -2.30. The summed E-state index contributed by atoms with van der Waals surface area (Å²) in [5.74, 6) is 1.79. The first-order valence-corrected chi connectivity index (χ1v) is 7.14. The SMILES string of the molecule is CCC1CCN(C(=O)c2n[nH]c(C(C)(C)C)n2)CC1. The molecule has 1 N–H and O–H groups in total. The van der Waals surface area contributed by atoms with E-state index in [-0.39, 0.29) is 11.3 Å². The summed E-state index contributed by atoms with van der Waals surface area (Å²) in [6.45, 7) is 10.0. The van der Waals surface area contributed by atoms with Crippen molar-refractivity contribution < 1.29 is 4.79 Å². The first kappa shape index (κ1) is 14.0. The number of aromatic nitrogens is 3. The fourth-order valence-corrected chi connectivity index (χ4v) is 2.38. The Kier molecular flexibility index (Phi) is 3.92. The molecule has 1 aliphatic rings. The lowest BCUT2D eigenvalue weighted by Crippen LogP contribution is -2.38. The van der Waals surface area contributed by atoms with Crippen LogP contribution < -0.4 is 0 Å². The molecule has 106 valence electrons. The molecule has 2 heterocycles. The number of likely N-dealkylation sites (tertiary alicyclic amines) is 1. The molecule has 1 aromatic heterocycles. The monoisotopic (exact) mass is 264 g/mol. The van der Waals surface area contributed by atoms with Crippen molar-refractivity contribution in [3.8, 4) is 0 Å². The second-order valence-corrected chi connectivity index (χ2v) is 6.40. The normalized spacial score (nSPS) is 17.8. The predicted octanol–water partition coefficient (Wildman–Crippen LogP) is 2.36. The zero-order chi connectivity index (χ0) is 14.0. The molecular weight excluding hydrogens is 240 g/mol. The van der Waals surface area contributed by atoms with Crippen LogP contribution >= 0.6 is 0 Å². The number of carbonyl (C=O) groups is 1. The van der Waals surface area contributed by atoms with E-state index >= 15 is 0 Å². The maximum atomic E-state index is 12.3. The van der Waals surface area contributed by atoms with Crippen molar-refractivity contribution in [2.24, 2.45) is 5.92 Å². The molecule has 0 bridgehead atoms. The zero-order valence-corrected chi connectivity index (χ0v) is 12.4. The molecular formula is C14H24N4O. The standard InChI is InChI=1S/C14H24N4O/c1-5-10-6-8-18(9-7-10)12(19)11-15-13(17-16-11)14(2,3)4/h10H,5-9H2,1-4H3,(H,15,16,17). The highest BCUT2D eigenvalue weighted by Crippen LogP contribution is 2.22.